The van der Waals surface area contributed by atoms with E-state index in [0.29, 0.717) is 12.0 Å². The first-order chi connectivity index (χ1) is 21.9. The van der Waals surface area contributed by atoms with Crippen molar-refractivity contribution in [3.8, 4) is 0 Å². The summed E-state index contributed by atoms with van der Waals surface area (Å²) in [6.45, 7) is 18.3. The summed E-state index contributed by atoms with van der Waals surface area (Å²) in [5, 5.41) is 34.7. The molecule has 0 spiro atoms. The van der Waals surface area contributed by atoms with Gasteiger partial charge in [0, 0.05) is 44.1 Å². The van der Waals surface area contributed by atoms with Crippen molar-refractivity contribution in [1.82, 2.24) is 0 Å². The SMILES string of the molecule is CO/C1=C/C(C)=C/C(C)C(O)C(C)C/C(C)=C/C=C\C(OC)C(C(C)C(O)C(C)C2(O)CC(OC(C)=O)C(C)C(C(C)C)O2)OC1=O. The van der Waals surface area contributed by atoms with Crippen LogP contribution in [-0.4, -0.2) is 83.9 Å². The molecule has 0 aromatic heterocycles. The van der Waals surface area contributed by atoms with E-state index in [-0.39, 0.29) is 35.9 Å². The fraction of sp³-hybridized carbons (Fsp3) is 0.730. The van der Waals surface area contributed by atoms with Gasteiger partial charge < -0.3 is 39.0 Å². The largest absolute Gasteiger partial charge is 0.490 e. The van der Waals surface area contributed by atoms with Gasteiger partial charge in [-0.2, -0.15) is 0 Å². The predicted octanol–water partition coefficient (Wildman–Crippen LogP) is 5.26. The van der Waals surface area contributed by atoms with Gasteiger partial charge in [0.2, 0.25) is 5.76 Å². The van der Waals surface area contributed by atoms with Crippen molar-refractivity contribution in [3.63, 3.8) is 0 Å². The Balaban J connectivity index is 2.55. The van der Waals surface area contributed by atoms with Crippen LogP contribution in [0.5, 0.6) is 0 Å². The van der Waals surface area contributed by atoms with Gasteiger partial charge in [-0.1, -0.05) is 83.9 Å². The number of hydrogen-bond donors (Lipinski definition) is 3. The highest BCUT2D eigenvalue weighted by molar-refractivity contribution is 5.87. The van der Waals surface area contributed by atoms with Gasteiger partial charge in [-0.15, -0.1) is 0 Å². The average molecular weight is 665 g/mol. The summed E-state index contributed by atoms with van der Waals surface area (Å²) in [7, 11) is 2.86. The van der Waals surface area contributed by atoms with Gasteiger partial charge in [-0.3, -0.25) is 4.79 Å². The molecular formula is C37H60O10. The molecule has 2 heterocycles. The molecule has 3 N–H and O–H groups in total. The van der Waals surface area contributed by atoms with E-state index in [2.05, 4.69) is 0 Å². The van der Waals surface area contributed by atoms with Crippen molar-refractivity contribution in [2.45, 2.75) is 124 Å². The molecule has 0 aromatic carbocycles. The molecule has 0 bridgehead atoms. The van der Waals surface area contributed by atoms with Crippen LogP contribution in [-0.2, 0) is 33.3 Å². The van der Waals surface area contributed by atoms with Gasteiger partial charge in [0.05, 0.1) is 25.4 Å². The maximum Gasteiger partial charge on any atom is 0.373 e. The van der Waals surface area contributed by atoms with Crippen LogP contribution in [0.2, 0.25) is 0 Å². The van der Waals surface area contributed by atoms with Gasteiger partial charge >= 0.3 is 11.9 Å². The Morgan fingerprint density at radius 1 is 1.09 bits per heavy atom. The number of rotatable bonds is 8. The minimum atomic E-state index is -1.84. The number of methoxy groups -OCH3 is 2. The molecule has 1 saturated heterocycles. The maximum absolute atomic E-state index is 13.6. The minimum absolute atomic E-state index is 0.00351. The van der Waals surface area contributed by atoms with E-state index in [0.717, 1.165) is 5.57 Å². The van der Waals surface area contributed by atoms with Gasteiger partial charge in [0.15, 0.2) is 5.79 Å². The topological polar surface area (TPSA) is 141 Å². The molecule has 0 amide bonds. The third-order valence-corrected chi connectivity index (χ3v) is 9.79. The molecule has 2 aliphatic rings. The Morgan fingerprint density at radius 3 is 2.28 bits per heavy atom. The Labute approximate surface area is 281 Å². The van der Waals surface area contributed by atoms with E-state index < -0.39 is 66.2 Å². The molecular weight excluding hydrogens is 604 g/mol. The fourth-order valence-corrected chi connectivity index (χ4v) is 6.88. The van der Waals surface area contributed by atoms with E-state index in [1.807, 2.05) is 66.7 Å². The standard InChI is InChI=1S/C37H60O10/c1-20(2)34-25(7)31(45-28(10)38)19-37(42,47-34)27(9)33(40)26(8)35-29(43-11)15-13-14-21(3)16-23(5)32(39)24(6)17-22(4)18-30(44-12)36(41)46-35/h13-15,17-18,20,23-27,29,31-35,39-40,42H,16,19H2,1-12H3/b15-13-,21-14+,22-17+,30-18+. The molecule has 12 atom stereocenters. The van der Waals surface area contributed by atoms with Crippen molar-refractivity contribution >= 4 is 11.9 Å². The third kappa shape index (κ3) is 10.7. The Bertz CT molecular complexity index is 1170. The number of hydrogen-bond acceptors (Lipinski definition) is 10. The van der Waals surface area contributed by atoms with Crippen LogP contribution in [0, 0.1) is 35.5 Å². The Kier molecular flexibility index (Phi) is 15.4. The summed E-state index contributed by atoms with van der Waals surface area (Å²) < 4.78 is 29.2. The van der Waals surface area contributed by atoms with E-state index in [1.165, 1.54) is 21.1 Å². The normalized spacial score (nSPS) is 39.1. The highest BCUT2D eigenvalue weighted by Crippen LogP contribution is 2.42. The van der Waals surface area contributed by atoms with Gasteiger partial charge in [-0.05, 0) is 38.2 Å². The fourth-order valence-electron chi connectivity index (χ4n) is 6.88. The molecule has 2 rings (SSSR count). The molecule has 0 saturated carbocycles. The summed E-state index contributed by atoms with van der Waals surface area (Å²) in [6.07, 6.45) is 4.90. The second-order valence-electron chi connectivity index (χ2n) is 14.1. The zero-order valence-electron chi connectivity index (χ0n) is 30.4. The Morgan fingerprint density at radius 2 is 1.72 bits per heavy atom. The van der Waals surface area contributed by atoms with Crippen LogP contribution in [0.25, 0.3) is 0 Å². The monoisotopic (exact) mass is 664 g/mol. The van der Waals surface area contributed by atoms with E-state index in [4.69, 9.17) is 23.7 Å². The number of ether oxygens (including phenoxy) is 5. The van der Waals surface area contributed by atoms with Gasteiger partial charge in [0.25, 0.3) is 0 Å². The van der Waals surface area contributed by atoms with Crippen molar-refractivity contribution < 1.29 is 48.6 Å². The molecule has 1 fully saturated rings. The second-order valence-corrected chi connectivity index (χ2v) is 14.1. The highest BCUT2D eigenvalue weighted by Gasteiger charge is 2.53. The van der Waals surface area contributed by atoms with Crippen LogP contribution in [0.4, 0.5) is 0 Å². The van der Waals surface area contributed by atoms with Crippen LogP contribution in [0.15, 0.2) is 47.3 Å². The number of cyclic esters (lactones) is 1. The number of esters is 2. The summed E-state index contributed by atoms with van der Waals surface area (Å²) in [6, 6.07) is 0. The summed E-state index contributed by atoms with van der Waals surface area (Å²) >= 11 is 0. The molecule has 10 nitrogen and oxygen atoms in total. The third-order valence-electron chi connectivity index (χ3n) is 9.79. The first kappa shape index (κ1) is 40.7. The second kappa shape index (κ2) is 17.8. The first-order valence-corrected chi connectivity index (χ1v) is 16.8. The average Bonchev–Trinajstić information content (AvgIpc) is 3.00. The number of allylic oxidation sites excluding steroid dienone is 5. The summed E-state index contributed by atoms with van der Waals surface area (Å²) in [4.78, 5) is 25.5. The smallest absolute Gasteiger partial charge is 0.373 e. The Hall–Kier alpha value is -2.50. The lowest BCUT2D eigenvalue weighted by molar-refractivity contribution is -0.329. The van der Waals surface area contributed by atoms with Crippen LogP contribution in [0.1, 0.15) is 82.1 Å². The maximum atomic E-state index is 13.6. The van der Waals surface area contributed by atoms with Crippen LogP contribution in [0.3, 0.4) is 0 Å². The number of aliphatic hydroxyl groups excluding tert-OH is 2. The van der Waals surface area contributed by atoms with E-state index in [1.54, 1.807) is 26.0 Å². The van der Waals surface area contributed by atoms with Crippen molar-refractivity contribution in [2.75, 3.05) is 14.2 Å². The summed E-state index contributed by atoms with van der Waals surface area (Å²) in [5.74, 6) is -5.15. The summed E-state index contributed by atoms with van der Waals surface area (Å²) in [5.41, 5.74) is 1.76. The lowest BCUT2D eigenvalue weighted by Gasteiger charge is -2.50. The highest BCUT2D eigenvalue weighted by atomic mass is 16.6. The zero-order chi connectivity index (χ0) is 35.8. The molecule has 268 valence electrons. The molecule has 0 radical (unpaired) electrons. The number of carbonyl (C=O) groups is 2. The first-order valence-electron chi connectivity index (χ1n) is 16.8. The zero-order valence-corrected chi connectivity index (χ0v) is 30.4. The molecule has 12 unspecified atom stereocenters. The molecule has 0 aromatic rings. The van der Waals surface area contributed by atoms with Crippen molar-refractivity contribution in [1.29, 1.82) is 0 Å². The predicted molar refractivity (Wildman–Crippen MR) is 180 cm³/mol. The molecule has 0 aliphatic carbocycles. The van der Waals surface area contributed by atoms with Crippen molar-refractivity contribution in [3.05, 3.63) is 47.3 Å². The molecule has 2 aliphatic heterocycles. The van der Waals surface area contributed by atoms with Crippen LogP contribution >= 0.6 is 0 Å². The minimum Gasteiger partial charge on any atom is -0.490 e. The van der Waals surface area contributed by atoms with E-state index >= 15 is 0 Å². The number of carbonyl (C=O) groups excluding carboxylic acids is 2. The van der Waals surface area contributed by atoms with Gasteiger partial charge in [-0.25, -0.2) is 4.79 Å². The van der Waals surface area contributed by atoms with Crippen LogP contribution < -0.4 is 0 Å². The lowest BCUT2D eigenvalue weighted by atomic mass is 9.76. The van der Waals surface area contributed by atoms with E-state index in [9.17, 15) is 24.9 Å². The van der Waals surface area contributed by atoms with Gasteiger partial charge in [0.1, 0.15) is 18.3 Å². The van der Waals surface area contributed by atoms with Crippen molar-refractivity contribution in [2.24, 2.45) is 35.5 Å². The number of aliphatic hydroxyl groups is 3. The quantitative estimate of drug-likeness (QED) is 0.294. The lowest BCUT2D eigenvalue weighted by Crippen LogP contribution is -2.59. The molecule has 10 heteroatoms. The molecule has 47 heavy (non-hydrogen) atoms.